The third-order valence-corrected chi connectivity index (χ3v) is 4.39. The number of pyridine rings is 1. The second-order valence-corrected chi connectivity index (χ2v) is 5.75. The molecule has 0 amide bonds. The minimum atomic E-state index is 0.672. The summed E-state index contributed by atoms with van der Waals surface area (Å²) in [6, 6.07) is 4.82. The summed E-state index contributed by atoms with van der Waals surface area (Å²) in [5.41, 5.74) is 1.05. The maximum absolute atomic E-state index is 4.60. The molecule has 2 rings (SSSR count). The standard InChI is InChI=1S/C13H20BrN3/c1-10-12(14)6-7-13(15-10)17(3)9-11-5-4-8-16(11)2/h6-7,11H,4-5,8-9H2,1-3H3. The van der Waals surface area contributed by atoms with E-state index in [-0.39, 0.29) is 0 Å². The molecule has 1 unspecified atom stereocenters. The molecule has 1 aliphatic heterocycles. The van der Waals surface area contributed by atoms with Gasteiger partial charge in [-0.2, -0.15) is 0 Å². The Morgan fingerprint density at radius 3 is 2.88 bits per heavy atom. The van der Waals surface area contributed by atoms with Gasteiger partial charge in [-0.1, -0.05) is 0 Å². The molecule has 0 saturated carbocycles. The van der Waals surface area contributed by atoms with E-state index in [4.69, 9.17) is 0 Å². The van der Waals surface area contributed by atoms with E-state index >= 15 is 0 Å². The maximum atomic E-state index is 4.60. The number of nitrogens with zero attached hydrogens (tertiary/aromatic N) is 3. The molecule has 1 fully saturated rings. The van der Waals surface area contributed by atoms with Gasteiger partial charge in [-0.25, -0.2) is 4.98 Å². The second kappa shape index (κ2) is 5.36. The van der Waals surface area contributed by atoms with Gasteiger partial charge in [0.2, 0.25) is 0 Å². The highest BCUT2D eigenvalue weighted by molar-refractivity contribution is 9.10. The number of likely N-dealkylation sites (tertiary alicyclic amines) is 1. The fraction of sp³-hybridized carbons (Fsp3) is 0.615. The Labute approximate surface area is 112 Å². The van der Waals surface area contributed by atoms with Crippen LogP contribution in [0, 0.1) is 6.92 Å². The molecule has 0 aromatic carbocycles. The smallest absolute Gasteiger partial charge is 0.128 e. The van der Waals surface area contributed by atoms with Crippen LogP contribution in [0.2, 0.25) is 0 Å². The average molecular weight is 298 g/mol. The lowest BCUT2D eigenvalue weighted by atomic mass is 10.2. The minimum absolute atomic E-state index is 0.672. The normalized spacial score (nSPS) is 20.8. The summed E-state index contributed by atoms with van der Waals surface area (Å²) in [6.45, 7) is 4.32. The van der Waals surface area contributed by atoms with Crippen LogP contribution in [0.1, 0.15) is 18.5 Å². The van der Waals surface area contributed by atoms with Gasteiger partial charge in [0, 0.05) is 24.1 Å². The molecule has 0 radical (unpaired) electrons. The largest absolute Gasteiger partial charge is 0.358 e. The molecule has 1 atom stereocenters. The lowest BCUT2D eigenvalue weighted by molar-refractivity contribution is 0.314. The first-order valence-corrected chi connectivity index (χ1v) is 6.92. The van der Waals surface area contributed by atoms with E-state index in [1.807, 2.05) is 6.92 Å². The van der Waals surface area contributed by atoms with Gasteiger partial charge in [0.25, 0.3) is 0 Å². The van der Waals surface area contributed by atoms with Gasteiger partial charge in [0.15, 0.2) is 0 Å². The number of likely N-dealkylation sites (N-methyl/N-ethyl adjacent to an activating group) is 2. The Morgan fingerprint density at radius 2 is 2.29 bits per heavy atom. The van der Waals surface area contributed by atoms with Crippen LogP contribution in [0.3, 0.4) is 0 Å². The van der Waals surface area contributed by atoms with Crippen LogP contribution < -0.4 is 4.90 Å². The number of hydrogen-bond acceptors (Lipinski definition) is 3. The number of aromatic nitrogens is 1. The summed E-state index contributed by atoms with van der Waals surface area (Å²) < 4.78 is 1.08. The highest BCUT2D eigenvalue weighted by Gasteiger charge is 2.22. The molecule has 17 heavy (non-hydrogen) atoms. The van der Waals surface area contributed by atoms with Crippen LogP contribution in [0.15, 0.2) is 16.6 Å². The highest BCUT2D eigenvalue weighted by Crippen LogP contribution is 2.21. The average Bonchev–Trinajstić information content (AvgIpc) is 2.68. The molecule has 1 aromatic heterocycles. The third kappa shape index (κ3) is 2.99. The molecule has 0 N–H and O–H groups in total. The molecule has 1 aliphatic rings. The molecule has 2 heterocycles. The molecule has 1 saturated heterocycles. The number of rotatable bonds is 3. The molecular formula is C13H20BrN3. The fourth-order valence-corrected chi connectivity index (χ4v) is 2.58. The van der Waals surface area contributed by atoms with Crippen molar-refractivity contribution in [3.05, 3.63) is 22.3 Å². The van der Waals surface area contributed by atoms with Crippen LogP contribution in [-0.4, -0.2) is 43.1 Å². The van der Waals surface area contributed by atoms with Crippen LogP contribution >= 0.6 is 15.9 Å². The first kappa shape index (κ1) is 12.8. The van der Waals surface area contributed by atoms with Crippen LogP contribution in [0.5, 0.6) is 0 Å². The van der Waals surface area contributed by atoms with Gasteiger partial charge < -0.3 is 9.80 Å². The Hall–Kier alpha value is -0.610. The molecule has 0 aliphatic carbocycles. The monoisotopic (exact) mass is 297 g/mol. The van der Waals surface area contributed by atoms with E-state index in [0.717, 1.165) is 22.5 Å². The maximum Gasteiger partial charge on any atom is 0.128 e. The van der Waals surface area contributed by atoms with Gasteiger partial charge >= 0.3 is 0 Å². The van der Waals surface area contributed by atoms with Gasteiger partial charge in [-0.05, 0) is 61.4 Å². The lowest BCUT2D eigenvalue weighted by Crippen LogP contribution is -2.37. The Bertz CT molecular complexity index is 394. The first-order chi connectivity index (χ1) is 8.08. The predicted molar refractivity (Wildman–Crippen MR) is 75.6 cm³/mol. The predicted octanol–water partition coefficient (Wildman–Crippen LogP) is 2.68. The summed E-state index contributed by atoms with van der Waals surface area (Å²) in [5.74, 6) is 1.06. The van der Waals surface area contributed by atoms with Gasteiger partial charge in [0.1, 0.15) is 5.82 Å². The van der Waals surface area contributed by atoms with Crippen molar-refractivity contribution >= 4 is 21.7 Å². The van der Waals surface area contributed by atoms with Crippen molar-refractivity contribution in [2.24, 2.45) is 0 Å². The fourth-order valence-electron chi connectivity index (χ4n) is 2.36. The summed E-state index contributed by atoms with van der Waals surface area (Å²) >= 11 is 3.49. The summed E-state index contributed by atoms with van der Waals surface area (Å²) in [4.78, 5) is 9.30. The third-order valence-electron chi connectivity index (χ3n) is 3.55. The first-order valence-electron chi connectivity index (χ1n) is 6.12. The number of anilines is 1. The van der Waals surface area contributed by atoms with Crippen molar-refractivity contribution in [3.8, 4) is 0 Å². The van der Waals surface area contributed by atoms with E-state index in [1.165, 1.54) is 19.4 Å². The van der Waals surface area contributed by atoms with E-state index in [9.17, 15) is 0 Å². The van der Waals surface area contributed by atoms with Crippen LogP contribution in [-0.2, 0) is 0 Å². The lowest BCUT2D eigenvalue weighted by Gasteiger charge is -2.26. The quantitative estimate of drug-likeness (QED) is 0.855. The Kier molecular flexibility index (Phi) is 4.05. The summed E-state index contributed by atoms with van der Waals surface area (Å²) in [6.07, 6.45) is 2.62. The summed E-state index contributed by atoms with van der Waals surface area (Å²) in [5, 5.41) is 0. The molecule has 0 spiro atoms. The highest BCUT2D eigenvalue weighted by atomic mass is 79.9. The van der Waals surface area contributed by atoms with E-state index < -0.39 is 0 Å². The van der Waals surface area contributed by atoms with Crippen molar-refractivity contribution in [2.75, 3.05) is 32.1 Å². The van der Waals surface area contributed by atoms with Crippen molar-refractivity contribution in [3.63, 3.8) is 0 Å². The molecule has 1 aromatic rings. The van der Waals surface area contributed by atoms with Crippen molar-refractivity contribution in [1.82, 2.24) is 9.88 Å². The van der Waals surface area contributed by atoms with E-state index in [0.29, 0.717) is 6.04 Å². The zero-order valence-electron chi connectivity index (χ0n) is 10.8. The topological polar surface area (TPSA) is 19.4 Å². The zero-order chi connectivity index (χ0) is 12.4. The Balaban J connectivity index is 2.03. The SMILES string of the molecule is Cc1nc(N(C)CC2CCCN2C)ccc1Br. The number of hydrogen-bond donors (Lipinski definition) is 0. The molecule has 94 valence electrons. The molecule has 0 bridgehead atoms. The van der Waals surface area contributed by atoms with Crippen molar-refractivity contribution in [2.45, 2.75) is 25.8 Å². The van der Waals surface area contributed by atoms with Crippen LogP contribution in [0.4, 0.5) is 5.82 Å². The molecule has 3 nitrogen and oxygen atoms in total. The minimum Gasteiger partial charge on any atom is -0.358 e. The van der Waals surface area contributed by atoms with Crippen molar-refractivity contribution in [1.29, 1.82) is 0 Å². The molecule has 4 heteroatoms. The van der Waals surface area contributed by atoms with Gasteiger partial charge in [-0.15, -0.1) is 0 Å². The van der Waals surface area contributed by atoms with E-state index in [2.05, 4.69) is 56.9 Å². The number of aryl methyl sites for hydroxylation is 1. The van der Waals surface area contributed by atoms with E-state index in [1.54, 1.807) is 0 Å². The van der Waals surface area contributed by atoms with Crippen LogP contribution in [0.25, 0.3) is 0 Å². The Morgan fingerprint density at radius 1 is 1.53 bits per heavy atom. The molecular weight excluding hydrogens is 278 g/mol. The second-order valence-electron chi connectivity index (χ2n) is 4.89. The number of halogens is 1. The van der Waals surface area contributed by atoms with Gasteiger partial charge in [-0.3, -0.25) is 0 Å². The van der Waals surface area contributed by atoms with Gasteiger partial charge in [0.05, 0.1) is 5.69 Å². The zero-order valence-corrected chi connectivity index (χ0v) is 12.4. The van der Waals surface area contributed by atoms with Crippen molar-refractivity contribution < 1.29 is 0 Å². The summed E-state index contributed by atoms with van der Waals surface area (Å²) in [7, 11) is 4.34.